The predicted molar refractivity (Wildman–Crippen MR) is 70.3 cm³/mol. The maximum Gasteiger partial charge on any atom is 0.277 e. The predicted octanol–water partition coefficient (Wildman–Crippen LogP) is 2.70. The molecular weight excluding hydrogens is 272 g/mol. The van der Waals surface area contributed by atoms with E-state index in [1.165, 1.54) is 11.3 Å². The molecule has 0 spiro atoms. The Bertz CT molecular complexity index is 707. The second kappa shape index (κ2) is 4.40. The fourth-order valence-corrected chi connectivity index (χ4v) is 2.21. The highest BCUT2D eigenvalue weighted by Gasteiger charge is 2.11. The van der Waals surface area contributed by atoms with Crippen molar-refractivity contribution in [2.24, 2.45) is 0 Å². The van der Waals surface area contributed by atoms with Crippen molar-refractivity contribution >= 4 is 39.6 Å². The molecular formula is C11H7ClN4OS. The van der Waals surface area contributed by atoms with Crippen LogP contribution in [-0.2, 0) is 0 Å². The molecule has 3 heterocycles. The quantitative estimate of drug-likeness (QED) is 0.784. The summed E-state index contributed by atoms with van der Waals surface area (Å²) in [5, 5.41) is 5.60. The molecule has 0 bridgehead atoms. The molecule has 3 aromatic rings. The van der Waals surface area contributed by atoms with Crippen molar-refractivity contribution in [1.82, 2.24) is 14.4 Å². The number of amides is 1. The van der Waals surface area contributed by atoms with Crippen LogP contribution in [0.3, 0.4) is 0 Å². The highest BCUT2D eigenvalue weighted by Crippen LogP contribution is 2.14. The summed E-state index contributed by atoms with van der Waals surface area (Å²) < 4.78 is 1.71. The van der Waals surface area contributed by atoms with Crippen LogP contribution in [0.4, 0.5) is 5.13 Å². The van der Waals surface area contributed by atoms with Gasteiger partial charge in [-0.2, -0.15) is 0 Å². The lowest BCUT2D eigenvalue weighted by molar-refractivity contribution is 0.102. The van der Waals surface area contributed by atoms with Crippen molar-refractivity contribution in [2.45, 2.75) is 0 Å². The Balaban J connectivity index is 1.92. The minimum absolute atomic E-state index is 0.287. The summed E-state index contributed by atoms with van der Waals surface area (Å²) in [5.74, 6) is -0.287. The number of hydrogen-bond donors (Lipinski definition) is 1. The lowest BCUT2D eigenvalue weighted by Crippen LogP contribution is -2.11. The largest absolute Gasteiger partial charge is 0.305 e. The topological polar surface area (TPSA) is 59.3 Å². The Morgan fingerprint density at radius 1 is 1.39 bits per heavy atom. The summed E-state index contributed by atoms with van der Waals surface area (Å²) >= 11 is 7.22. The van der Waals surface area contributed by atoms with E-state index in [4.69, 9.17) is 11.6 Å². The lowest BCUT2D eigenvalue weighted by Gasteiger charge is -1.95. The molecule has 0 fully saturated rings. The van der Waals surface area contributed by atoms with Gasteiger partial charge >= 0.3 is 0 Å². The van der Waals surface area contributed by atoms with Crippen LogP contribution < -0.4 is 5.32 Å². The molecule has 90 valence electrons. The molecule has 3 rings (SSSR count). The van der Waals surface area contributed by atoms with E-state index in [-0.39, 0.29) is 5.91 Å². The van der Waals surface area contributed by atoms with E-state index in [0.717, 1.165) is 0 Å². The maximum absolute atomic E-state index is 11.9. The minimum Gasteiger partial charge on any atom is -0.305 e. The van der Waals surface area contributed by atoms with E-state index in [9.17, 15) is 4.79 Å². The van der Waals surface area contributed by atoms with Crippen LogP contribution >= 0.6 is 22.9 Å². The molecule has 18 heavy (non-hydrogen) atoms. The smallest absolute Gasteiger partial charge is 0.277 e. The van der Waals surface area contributed by atoms with Crippen molar-refractivity contribution in [1.29, 1.82) is 0 Å². The molecule has 0 radical (unpaired) electrons. The van der Waals surface area contributed by atoms with Gasteiger partial charge in [-0.25, -0.2) is 9.97 Å². The fraction of sp³-hybridized carbons (Fsp3) is 0. The van der Waals surface area contributed by atoms with Crippen molar-refractivity contribution in [3.05, 3.63) is 46.8 Å². The minimum atomic E-state index is -0.287. The number of carbonyl (C=O) groups is 1. The van der Waals surface area contributed by atoms with Crippen molar-refractivity contribution < 1.29 is 4.79 Å². The summed E-state index contributed by atoms with van der Waals surface area (Å²) in [7, 11) is 0. The Labute approximate surface area is 111 Å². The van der Waals surface area contributed by atoms with E-state index in [2.05, 4.69) is 15.3 Å². The van der Waals surface area contributed by atoms with Crippen LogP contribution in [0.5, 0.6) is 0 Å². The molecule has 5 nitrogen and oxygen atoms in total. The van der Waals surface area contributed by atoms with E-state index in [0.29, 0.717) is 21.5 Å². The number of imidazole rings is 1. The summed E-state index contributed by atoms with van der Waals surface area (Å²) in [6.07, 6.45) is 4.96. The number of carbonyl (C=O) groups excluding carboxylic acids is 1. The number of halogens is 1. The summed E-state index contributed by atoms with van der Waals surface area (Å²) in [4.78, 5) is 20.1. The van der Waals surface area contributed by atoms with E-state index in [1.54, 1.807) is 40.5 Å². The van der Waals surface area contributed by atoms with Gasteiger partial charge in [0.15, 0.2) is 5.13 Å². The second-order valence-corrected chi connectivity index (χ2v) is 4.86. The summed E-state index contributed by atoms with van der Waals surface area (Å²) in [5.41, 5.74) is 0.996. The molecule has 0 atom stereocenters. The zero-order valence-corrected chi connectivity index (χ0v) is 10.6. The summed E-state index contributed by atoms with van der Waals surface area (Å²) in [6.45, 7) is 0. The number of aromatic nitrogens is 3. The normalized spacial score (nSPS) is 10.7. The molecule has 1 N–H and O–H groups in total. The molecule has 1 amide bonds. The number of nitrogens with one attached hydrogen (secondary N) is 1. The first-order valence-corrected chi connectivity index (χ1v) is 6.33. The monoisotopic (exact) mass is 278 g/mol. The van der Waals surface area contributed by atoms with Crippen LogP contribution in [0.25, 0.3) is 5.65 Å². The average Bonchev–Trinajstić information content (AvgIpc) is 2.96. The van der Waals surface area contributed by atoms with Crippen molar-refractivity contribution in [3.8, 4) is 0 Å². The van der Waals surface area contributed by atoms with Crippen LogP contribution in [0, 0.1) is 0 Å². The van der Waals surface area contributed by atoms with Gasteiger partial charge in [0, 0.05) is 24.0 Å². The van der Waals surface area contributed by atoms with Gasteiger partial charge in [-0.3, -0.25) is 10.1 Å². The molecule has 0 aliphatic carbocycles. The van der Waals surface area contributed by atoms with Gasteiger partial charge in [0.1, 0.15) is 11.3 Å². The number of pyridine rings is 1. The standard InChI is InChI=1S/C11H7ClN4OS/c12-7-1-2-9-14-8(6-16(9)5-7)10(17)15-11-13-3-4-18-11/h1-6H,(H,13,15,17). The lowest BCUT2D eigenvalue weighted by atomic mass is 10.4. The number of rotatable bonds is 2. The Kier molecular flexibility index (Phi) is 2.73. The third kappa shape index (κ3) is 2.07. The molecule has 0 saturated heterocycles. The zero-order chi connectivity index (χ0) is 12.5. The zero-order valence-electron chi connectivity index (χ0n) is 9.00. The van der Waals surface area contributed by atoms with Gasteiger partial charge in [0.25, 0.3) is 5.91 Å². The molecule has 0 unspecified atom stereocenters. The van der Waals surface area contributed by atoms with Crippen LogP contribution in [0.15, 0.2) is 36.1 Å². The van der Waals surface area contributed by atoms with Gasteiger partial charge in [-0.1, -0.05) is 11.6 Å². The third-order valence-electron chi connectivity index (χ3n) is 2.30. The van der Waals surface area contributed by atoms with Crippen molar-refractivity contribution in [2.75, 3.05) is 5.32 Å². The molecule has 7 heteroatoms. The van der Waals surface area contributed by atoms with Gasteiger partial charge in [-0.05, 0) is 12.1 Å². The SMILES string of the molecule is O=C(Nc1nccs1)c1cn2cc(Cl)ccc2n1. The second-order valence-electron chi connectivity index (χ2n) is 3.53. The number of anilines is 1. The van der Waals surface area contributed by atoms with Gasteiger partial charge in [0.05, 0.1) is 5.02 Å². The maximum atomic E-state index is 11.9. The van der Waals surface area contributed by atoms with E-state index >= 15 is 0 Å². The number of fused-ring (bicyclic) bond motifs is 1. The van der Waals surface area contributed by atoms with E-state index < -0.39 is 0 Å². The van der Waals surface area contributed by atoms with Crippen LogP contribution in [-0.4, -0.2) is 20.3 Å². The first-order chi connectivity index (χ1) is 8.72. The summed E-state index contributed by atoms with van der Waals surface area (Å²) in [6, 6.07) is 3.48. The highest BCUT2D eigenvalue weighted by atomic mass is 35.5. The molecule has 0 aliphatic rings. The van der Waals surface area contributed by atoms with Crippen LogP contribution in [0.1, 0.15) is 10.5 Å². The molecule has 0 saturated carbocycles. The highest BCUT2D eigenvalue weighted by molar-refractivity contribution is 7.13. The van der Waals surface area contributed by atoms with E-state index in [1.807, 2.05) is 0 Å². The van der Waals surface area contributed by atoms with Gasteiger partial charge in [-0.15, -0.1) is 11.3 Å². The Hall–Kier alpha value is -1.92. The first kappa shape index (κ1) is 11.2. The van der Waals surface area contributed by atoms with Gasteiger partial charge < -0.3 is 4.40 Å². The third-order valence-corrected chi connectivity index (χ3v) is 3.21. The molecule has 0 aromatic carbocycles. The molecule has 0 aliphatic heterocycles. The Morgan fingerprint density at radius 3 is 3.06 bits per heavy atom. The Morgan fingerprint density at radius 2 is 2.28 bits per heavy atom. The number of nitrogens with zero attached hydrogens (tertiary/aromatic N) is 3. The number of hydrogen-bond acceptors (Lipinski definition) is 4. The van der Waals surface area contributed by atoms with Crippen molar-refractivity contribution in [3.63, 3.8) is 0 Å². The molecule has 3 aromatic heterocycles. The average molecular weight is 279 g/mol. The fourth-order valence-electron chi connectivity index (χ4n) is 1.52. The van der Waals surface area contributed by atoms with Crippen LogP contribution in [0.2, 0.25) is 5.02 Å². The van der Waals surface area contributed by atoms with Gasteiger partial charge in [0.2, 0.25) is 0 Å². The first-order valence-electron chi connectivity index (χ1n) is 5.07. The number of thiazole rings is 1.